The summed E-state index contributed by atoms with van der Waals surface area (Å²) >= 11 is 0. The van der Waals surface area contributed by atoms with E-state index in [4.69, 9.17) is 4.74 Å². The van der Waals surface area contributed by atoms with Crippen molar-refractivity contribution in [3.63, 3.8) is 0 Å². The standard InChI is InChI=1S/C18H26F4N4O.HI/c1-13(27-16-5-3-4-15(19)8-16)9-24-17(23-2)25-10-14-6-7-26(11-14)12-18(20,21)22;/h3-5,8,13-14H,6-7,9-12H2,1-2H3,(H2,23,24,25);1H. The Labute approximate surface area is 179 Å². The number of hydrogen-bond acceptors (Lipinski definition) is 3. The Balaban J connectivity index is 0.00000392. The van der Waals surface area contributed by atoms with Crippen LogP contribution in [0.2, 0.25) is 0 Å². The zero-order valence-electron chi connectivity index (χ0n) is 15.9. The molecule has 1 aromatic rings. The maximum absolute atomic E-state index is 13.2. The normalized spacial score (nSPS) is 19.1. The highest BCUT2D eigenvalue weighted by atomic mass is 127. The Bertz CT molecular complexity index is 630. The Morgan fingerprint density at radius 2 is 2.11 bits per heavy atom. The van der Waals surface area contributed by atoms with Gasteiger partial charge in [-0.3, -0.25) is 9.89 Å². The molecule has 5 nitrogen and oxygen atoms in total. The molecule has 160 valence electrons. The second-order valence-corrected chi connectivity index (χ2v) is 6.72. The summed E-state index contributed by atoms with van der Waals surface area (Å²) in [5.41, 5.74) is 0. The van der Waals surface area contributed by atoms with Crippen molar-refractivity contribution in [2.24, 2.45) is 10.9 Å². The van der Waals surface area contributed by atoms with Crippen LogP contribution in [0.15, 0.2) is 29.3 Å². The third kappa shape index (κ3) is 9.26. The smallest absolute Gasteiger partial charge is 0.401 e. The second kappa shape index (κ2) is 11.6. The number of benzene rings is 1. The molecule has 1 heterocycles. The lowest BCUT2D eigenvalue weighted by Gasteiger charge is -2.20. The van der Waals surface area contributed by atoms with E-state index in [0.29, 0.717) is 37.9 Å². The molecule has 1 saturated heterocycles. The van der Waals surface area contributed by atoms with Crippen LogP contribution in [0.3, 0.4) is 0 Å². The molecule has 1 aliphatic rings. The molecule has 0 aromatic heterocycles. The van der Waals surface area contributed by atoms with Crippen molar-refractivity contribution in [2.75, 3.05) is 39.8 Å². The van der Waals surface area contributed by atoms with Crippen molar-refractivity contribution in [1.29, 1.82) is 0 Å². The van der Waals surface area contributed by atoms with Gasteiger partial charge in [0, 0.05) is 26.2 Å². The van der Waals surface area contributed by atoms with E-state index in [-0.39, 0.29) is 41.8 Å². The number of hydrogen-bond donors (Lipinski definition) is 2. The maximum atomic E-state index is 13.2. The third-order valence-corrected chi connectivity index (χ3v) is 4.24. The summed E-state index contributed by atoms with van der Waals surface area (Å²) in [6.45, 7) is 2.86. The van der Waals surface area contributed by atoms with Gasteiger partial charge in [-0.2, -0.15) is 13.2 Å². The molecule has 28 heavy (non-hydrogen) atoms. The van der Waals surface area contributed by atoms with E-state index in [1.54, 1.807) is 19.2 Å². The lowest BCUT2D eigenvalue weighted by Crippen LogP contribution is -2.43. The monoisotopic (exact) mass is 518 g/mol. The van der Waals surface area contributed by atoms with Crippen LogP contribution >= 0.6 is 24.0 Å². The fourth-order valence-corrected chi connectivity index (χ4v) is 2.99. The number of aliphatic imine (C=N–C) groups is 1. The van der Waals surface area contributed by atoms with E-state index >= 15 is 0 Å². The molecule has 0 aliphatic carbocycles. The van der Waals surface area contributed by atoms with E-state index < -0.39 is 12.7 Å². The molecule has 2 rings (SSSR count). The predicted octanol–water partition coefficient (Wildman–Crippen LogP) is 3.26. The van der Waals surface area contributed by atoms with Gasteiger partial charge in [-0.1, -0.05) is 6.07 Å². The molecule has 1 fully saturated rings. The van der Waals surface area contributed by atoms with Crippen molar-refractivity contribution in [3.05, 3.63) is 30.1 Å². The Hall–Kier alpha value is -1.30. The zero-order chi connectivity index (χ0) is 19.9. The molecule has 0 amide bonds. The largest absolute Gasteiger partial charge is 0.489 e. The number of rotatable bonds is 7. The van der Waals surface area contributed by atoms with Crippen molar-refractivity contribution >= 4 is 29.9 Å². The van der Waals surface area contributed by atoms with Crippen LogP contribution in [0.25, 0.3) is 0 Å². The van der Waals surface area contributed by atoms with E-state index in [9.17, 15) is 17.6 Å². The number of likely N-dealkylation sites (tertiary alicyclic amines) is 1. The molecule has 2 unspecified atom stereocenters. The number of nitrogens with one attached hydrogen (secondary N) is 2. The molecule has 0 saturated carbocycles. The van der Waals surface area contributed by atoms with Crippen LogP contribution in [-0.4, -0.2) is 62.9 Å². The maximum Gasteiger partial charge on any atom is 0.401 e. The SMILES string of the molecule is CN=C(NCC1CCN(CC(F)(F)F)C1)NCC(C)Oc1cccc(F)c1.I. The van der Waals surface area contributed by atoms with Gasteiger partial charge in [-0.25, -0.2) is 4.39 Å². The van der Waals surface area contributed by atoms with Gasteiger partial charge in [-0.05, 0) is 37.9 Å². The van der Waals surface area contributed by atoms with Crippen LogP contribution in [0.5, 0.6) is 5.75 Å². The lowest BCUT2D eigenvalue weighted by atomic mass is 10.1. The number of guanidine groups is 1. The molecule has 2 atom stereocenters. The topological polar surface area (TPSA) is 48.9 Å². The number of halogens is 5. The fourth-order valence-electron chi connectivity index (χ4n) is 2.99. The van der Waals surface area contributed by atoms with Crippen LogP contribution in [0.4, 0.5) is 17.6 Å². The van der Waals surface area contributed by atoms with Gasteiger partial charge in [0.05, 0.1) is 13.1 Å². The van der Waals surface area contributed by atoms with Gasteiger partial charge in [0.2, 0.25) is 0 Å². The minimum absolute atomic E-state index is 0. The Morgan fingerprint density at radius 1 is 1.36 bits per heavy atom. The minimum atomic E-state index is -4.16. The molecule has 0 spiro atoms. The Kier molecular flexibility index (Phi) is 10.3. The number of ether oxygens (including phenoxy) is 1. The van der Waals surface area contributed by atoms with E-state index in [0.717, 1.165) is 6.42 Å². The summed E-state index contributed by atoms with van der Waals surface area (Å²) in [4.78, 5) is 5.53. The van der Waals surface area contributed by atoms with Crippen LogP contribution < -0.4 is 15.4 Å². The summed E-state index contributed by atoms with van der Waals surface area (Å²) in [5, 5.41) is 6.24. The molecule has 0 radical (unpaired) electrons. The lowest BCUT2D eigenvalue weighted by molar-refractivity contribution is -0.143. The first kappa shape index (κ1) is 24.7. The number of alkyl halides is 3. The first-order chi connectivity index (χ1) is 12.7. The minimum Gasteiger partial charge on any atom is -0.489 e. The quantitative estimate of drug-likeness (QED) is 0.252. The molecule has 1 aromatic carbocycles. The second-order valence-electron chi connectivity index (χ2n) is 6.72. The highest BCUT2D eigenvalue weighted by Crippen LogP contribution is 2.22. The van der Waals surface area contributed by atoms with Crippen LogP contribution in [0.1, 0.15) is 13.3 Å². The van der Waals surface area contributed by atoms with Gasteiger partial charge in [0.1, 0.15) is 17.7 Å². The van der Waals surface area contributed by atoms with Gasteiger partial charge in [0.25, 0.3) is 0 Å². The summed E-state index contributed by atoms with van der Waals surface area (Å²) in [5.74, 6) is 0.787. The number of nitrogens with zero attached hydrogens (tertiary/aromatic N) is 2. The molecule has 10 heteroatoms. The Morgan fingerprint density at radius 3 is 2.75 bits per heavy atom. The first-order valence-electron chi connectivity index (χ1n) is 8.91. The highest BCUT2D eigenvalue weighted by molar-refractivity contribution is 14.0. The third-order valence-electron chi connectivity index (χ3n) is 4.24. The molecular formula is C18H27F4IN4O. The summed E-state index contributed by atoms with van der Waals surface area (Å²) < 4.78 is 56.1. The summed E-state index contributed by atoms with van der Waals surface area (Å²) in [6.07, 6.45) is -3.66. The average molecular weight is 518 g/mol. The van der Waals surface area contributed by atoms with Gasteiger partial charge in [-0.15, -0.1) is 24.0 Å². The van der Waals surface area contributed by atoms with Gasteiger partial charge < -0.3 is 15.4 Å². The van der Waals surface area contributed by atoms with Crippen molar-refractivity contribution in [2.45, 2.75) is 25.6 Å². The van der Waals surface area contributed by atoms with Crippen molar-refractivity contribution < 1.29 is 22.3 Å². The zero-order valence-corrected chi connectivity index (χ0v) is 18.3. The fraction of sp³-hybridized carbons (Fsp3) is 0.611. The van der Waals surface area contributed by atoms with Crippen LogP contribution in [-0.2, 0) is 0 Å². The van der Waals surface area contributed by atoms with Gasteiger partial charge in [0.15, 0.2) is 5.96 Å². The highest BCUT2D eigenvalue weighted by Gasteiger charge is 2.34. The van der Waals surface area contributed by atoms with Gasteiger partial charge >= 0.3 is 6.18 Å². The average Bonchev–Trinajstić information content (AvgIpc) is 3.00. The molecular weight excluding hydrogens is 491 g/mol. The van der Waals surface area contributed by atoms with E-state index in [2.05, 4.69) is 15.6 Å². The summed E-state index contributed by atoms with van der Waals surface area (Å²) in [7, 11) is 1.62. The van der Waals surface area contributed by atoms with E-state index in [1.165, 1.54) is 17.0 Å². The van der Waals surface area contributed by atoms with Crippen molar-refractivity contribution in [3.8, 4) is 5.75 Å². The molecule has 0 bridgehead atoms. The summed E-state index contributed by atoms with van der Waals surface area (Å²) in [6, 6.07) is 5.92. The predicted molar refractivity (Wildman–Crippen MR) is 112 cm³/mol. The molecule has 1 aliphatic heterocycles. The van der Waals surface area contributed by atoms with Crippen LogP contribution in [0, 0.1) is 11.7 Å². The first-order valence-corrected chi connectivity index (χ1v) is 8.91. The van der Waals surface area contributed by atoms with E-state index in [1.807, 2.05) is 6.92 Å². The molecule has 2 N–H and O–H groups in total. The van der Waals surface area contributed by atoms with Crippen molar-refractivity contribution in [1.82, 2.24) is 15.5 Å².